The van der Waals surface area contributed by atoms with Crippen molar-refractivity contribution in [2.75, 3.05) is 6.61 Å². The fraction of sp³-hybridized carbons (Fsp3) is 0.769. The van der Waals surface area contributed by atoms with E-state index in [4.69, 9.17) is 4.43 Å². The van der Waals surface area contributed by atoms with E-state index in [0.29, 0.717) is 0 Å². The lowest BCUT2D eigenvalue weighted by Crippen LogP contribution is -2.43. The highest BCUT2D eigenvalue weighted by molar-refractivity contribution is 7.09. The molecule has 0 fully saturated rings. The molecule has 0 bridgehead atoms. The van der Waals surface area contributed by atoms with Crippen molar-refractivity contribution in [3.63, 3.8) is 0 Å². The second kappa shape index (κ2) is 4.82. The zero-order chi connectivity index (χ0) is 13.3. The van der Waals surface area contributed by atoms with Crippen LogP contribution >= 0.6 is 11.3 Å². The maximum Gasteiger partial charge on any atom is 0.192 e. The topological polar surface area (TPSA) is 22.1 Å². The van der Waals surface area contributed by atoms with E-state index in [1.54, 1.807) is 11.3 Å². The van der Waals surface area contributed by atoms with Gasteiger partial charge >= 0.3 is 0 Å². The second-order valence-electron chi connectivity index (χ2n) is 6.77. The van der Waals surface area contributed by atoms with E-state index < -0.39 is 8.32 Å². The standard InChI is InChI=1S/C13H25NOSSi/c1-12(2,3)17(6,7)15-10-13(4,5)11-14-8-9-16-11/h8-9H,10H2,1-7H3. The summed E-state index contributed by atoms with van der Waals surface area (Å²) < 4.78 is 6.29. The molecule has 0 N–H and O–H groups in total. The molecule has 1 rings (SSSR count). The van der Waals surface area contributed by atoms with Crippen molar-refractivity contribution in [2.45, 2.75) is 58.2 Å². The van der Waals surface area contributed by atoms with E-state index in [2.05, 4.69) is 52.7 Å². The van der Waals surface area contributed by atoms with Gasteiger partial charge in [-0.25, -0.2) is 4.98 Å². The van der Waals surface area contributed by atoms with Crippen LogP contribution in [0.5, 0.6) is 0 Å². The maximum atomic E-state index is 6.29. The predicted molar refractivity (Wildman–Crippen MR) is 78.3 cm³/mol. The van der Waals surface area contributed by atoms with Gasteiger partial charge in [-0.05, 0) is 18.1 Å². The first kappa shape index (κ1) is 14.9. The fourth-order valence-corrected chi connectivity index (χ4v) is 3.10. The third kappa shape index (κ3) is 3.63. The Morgan fingerprint density at radius 2 is 1.82 bits per heavy atom. The van der Waals surface area contributed by atoms with Gasteiger partial charge in [0.1, 0.15) is 5.01 Å². The van der Waals surface area contributed by atoms with Crippen LogP contribution in [0, 0.1) is 0 Å². The third-order valence-corrected chi connectivity index (χ3v) is 9.23. The van der Waals surface area contributed by atoms with Crippen LogP contribution in [0.15, 0.2) is 11.6 Å². The molecule has 4 heteroatoms. The van der Waals surface area contributed by atoms with Crippen LogP contribution in [0.25, 0.3) is 0 Å². The number of aromatic nitrogens is 1. The molecule has 0 atom stereocenters. The lowest BCUT2D eigenvalue weighted by molar-refractivity contribution is 0.220. The normalized spacial score (nSPS) is 14.1. The van der Waals surface area contributed by atoms with E-state index in [9.17, 15) is 0 Å². The molecule has 0 saturated carbocycles. The zero-order valence-electron chi connectivity index (χ0n) is 12.1. The minimum absolute atomic E-state index is 0.0175. The molecule has 0 saturated heterocycles. The Bertz CT molecular complexity index is 352. The Hall–Kier alpha value is -0.193. The van der Waals surface area contributed by atoms with Crippen molar-refractivity contribution < 1.29 is 4.43 Å². The Kier molecular flexibility index (Phi) is 4.22. The highest BCUT2D eigenvalue weighted by atomic mass is 32.1. The summed E-state index contributed by atoms with van der Waals surface area (Å²) in [5, 5.41) is 3.46. The highest BCUT2D eigenvalue weighted by Gasteiger charge is 2.39. The van der Waals surface area contributed by atoms with E-state index >= 15 is 0 Å². The van der Waals surface area contributed by atoms with Crippen molar-refractivity contribution in [3.05, 3.63) is 16.6 Å². The van der Waals surface area contributed by atoms with Crippen molar-refractivity contribution >= 4 is 19.7 Å². The molecule has 0 aliphatic carbocycles. The van der Waals surface area contributed by atoms with Crippen LogP contribution < -0.4 is 0 Å². The van der Waals surface area contributed by atoms with Crippen molar-refractivity contribution in [1.82, 2.24) is 4.98 Å². The summed E-state index contributed by atoms with van der Waals surface area (Å²) in [5.41, 5.74) is 0.0175. The van der Waals surface area contributed by atoms with Gasteiger partial charge in [-0.3, -0.25) is 0 Å². The molecular formula is C13H25NOSSi. The van der Waals surface area contributed by atoms with Gasteiger partial charge in [-0.1, -0.05) is 34.6 Å². The monoisotopic (exact) mass is 271 g/mol. The molecule has 17 heavy (non-hydrogen) atoms. The highest BCUT2D eigenvalue weighted by Crippen LogP contribution is 2.38. The lowest BCUT2D eigenvalue weighted by Gasteiger charge is -2.38. The Labute approximate surface area is 111 Å². The van der Waals surface area contributed by atoms with Crippen molar-refractivity contribution in [2.24, 2.45) is 0 Å². The quantitative estimate of drug-likeness (QED) is 0.755. The van der Waals surface area contributed by atoms with Crippen LogP contribution in [0.4, 0.5) is 0 Å². The van der Waals surface area contributed by atoms with Crippen molar-refractivity contribution in [1.29, 1.82) is 0 Å². The van der Waals surface area contributed by atoms with E-state index in [0.717, 1.165) is 11.6 Å². The third-order valence-electron chi connectivity index (χ3n) is 3.61. The molecule has 1 heterocycles. The van der Waals surface area contributed by atoms with Gasteiger partial charge in [-0.15, -0.1) is 11.3 Å². The Balaban J connectivity index is 2.68. The van der Waals surface area contributed by atoms with Gasteiger partial charge in [-0.2, -0.15) is 0 Å². The Morgan fingerprint density at radius 3 is 2.24 bits per heavy atom. The summed E-state index contributed by atoms with van der Waals surface area (Å²) in [5.74, 6) is 0. The van der Waals surface area contributed by atoms with Gasteiger partial charge in [0.15, 0.2) is 8.32 Å². The molecule has 0 aromatic carbocycles. The number of hydrogen-bond acceptors (Lipinski definition) is 3. The number of hydrogen-bond donors (Lipinski definition) is 0. The van der Waals surface area contributed by atoms with Gasteiger partial charge in [0, 0.05) is 23.6 Å². The van der Waals surface area contributed by atoms with Gasteiger partial charge < -0.3 is 4.43 Å². The molecule has 2 nitrogen and oxygen atoms in total. The molecule has 0 aliphatic heterocycles. The summed E-state index contributed by atoms with van der Waals surface area (Å²) in [7, 11) is -1.65. The fourth-order valence-electron chi connectivity index (χ4n) is 1.20. The first-order chi connectivity index (χ1) is 7.56. The molecular weight excluding hydrogens is 246 g/mol. The second-order valence-corrected chi connectivity index (χ2v) is 12.5. The van der Waals surface area contributed by atoms with Crippen LogP contribution in [-0.2, 0) is 9.84 Å². The van der Waals surface area contributed by atoms with Crippen LogP contribution in [0.2, 0.25) is 18.1 Å². The summed E-state index contributed by atoms with van der Waals surface area (Å²) in [6.45, 7) is 16.6. The van der Waals surface area contributed by atoms with E-state index in [1.807, 2.05) is 11.6 Å². The molecule has 0 aliphatic rings. The first-order valence-electron chi connectivity index (χ1n) is 6.10. The summed E-state index contributed by atoms with van der Waals surface area (Å²) in [6.07, 6.45) is 1.87. The van der Waals surface area contributed by atoms with Crippen LogP contribution in [0.3, 0.4) is 0 Å². The maximum absolute atomic E-state index is 6.29. The van der Waals surface area contributed by atoms with Gasteiger partial charge in [0.25, 0.3) is 0 Å². The average Bonchev–Trinajstić information content (AvgIpc) is 2.66. The molecule has 0 amide bonds. The average molecular weight is 272 g/mol. The largest absolute Gasteiger partial charge is 0.416 e. The smallest absolute Gasteiger partial charge is 0.192 e. The summed E-state index contributed by atoms with van der Waals surface area (Å²) >= 11 is 1.71. The number of nitrogens with zero attached hydrogens (tertiary/aromatic N) is 1. The van der Waals surface area contributed by atoms with Crippen LogP contribution in [0.1, 0.15) is 39.6 Å². The Morgan fingerprint density at radius 1 is 1.24 bits per heavy atom. The van der Waals surface area contributed by atoms with E-state index in [1.165, 1.54) is 0 Å². The lowest BCUT2D eigenvalue weighted by atomic mass is 9.96. The zero-order valence-corrected chi connectivity index (χ0v) is 13.9. The molecule has 1 aromatic rings. The minimum Gasteiger partial charge on any atom is -0.416 e. The summed E-state index contributed by atoms with van der Waals surface area (Å²) in [4.78, 5) is 4.40. The first-order valence-corrected chi connectivity index (χ1v) is 9.89. The minimum atomic E-state index is -1.65. The SMILES string of the molecule is CC(C)(CO[Si](C)(C)C(C)(C)C)c1nccs1. The van der Waals surface area contributed by atoms with Gasteiger partial charge in [0.2, 0.25) is 0 Å². The molecule has 0 radical (unpaired) electrons. The van der Waals surface area contributed by atoms with Crippen LogP contribution in [-0.4, -0.2) is 19.9 Å². The number of thiazole rings is 1. The summed E-state index contributed by atoms with van der Waals surface area (Å²) in [6, 6.07) is 0. The van der Waals surface area contributed by atoms with Crippen molar-refractivity contribution in [3.8, 4) is 0 Å². The van der Waals surface area contributed by atoms with E-state index in [-0.39, 0.29) is 10.5 Å². The molecule has 98 valence electrons. The number of rotatable bonds is 4. The predicted octanol–water partition coefficient (Wildman–Crippen LogP) is 4.44. The molecule has 0 spiro atoms. The van der Waals surface area contributed by atoms with Gasteiger partial charge in [0.05, 0.1) is 0 Å². The molecule has 1 aromatic heterocycles. The molecule has 0 unspecified atom stereocenters.